The fraction of sp³-hybridized carbons (Fsp3) is 0.235. The van der Waals surface area contributed by atoms with Crippen LogP contribution in [0.15, 0.2) is 42.5 Å². The molecule has 0 aliphatic carbocycles. The summed E-state index contributed by atoms with van der Waals surface area (Å²) in [5, 5.41) is 9.26. The van der Waals surface area contributed by atoms with Gasteiger partial charge in [-0.25, -0.2) is 4.79 Å². The molecule has 0 aliphatic rings. The summed E-state index contributed by atoms with van der Waals surface area (Å²) < 4.78 is 0. The van der Waals surface area contributed by atoms with Crippen molar-refractivity contribution in [1.82, 2.24) is 0 Å². The third-order valence-corrected chi connectivity index (χ3v) is 3.21. The minimum absolute atomic E-state index is 0.355. The van der Waals surface area contributed by atoms with Crippen LogP contribution in [-0.2, 0) is 6.42 Å². The molecule has 0 amide bonds. The Morgan fingerprint density at radius 1 is 1.11 bits per heavy atom. The van der Waals surface area contributed by atoms with Crippen molar-refractivity contribution in [2.24, 2.45) is 0 Å². The zero-order chi connectivity index (χ0) is 13.8. The van der Waals surface area contributed by atoms with Crippen molar-refractivity contribution in [3.63, 3.8) is 0 Å². The van der Waals surface area contributed by atoms with E-state index < -0.39 is 5.97 Å². The molecule has 0 atom stereocenters. The molecule has 1 N–H and O–H groups in total. The van der Waals surface area contributed by atoms with Crippen LogP contribution in [0, 0.1) is 6.92 Å². The van der Waals surface area contributed by atoms with Crippen LogP contribution >= 0.6 is 0 Å². The van der Waals surface area contributed by atoms with Gasteiger partial charge in [0.1, 0.15) is 0 Å². The summed E-state index contributed by atoms with van der Waals surface area (Å²) in [5.41, 5.74) is 4.46. The topological polar surface area (TPSA) is 37.3 Å². The first kappa shape index (κ1) is 13.3. The number of benzene rings is 2. The lowest BCUT2D eigenvalue weighted by molar-refractivity contribution is 0.0697. The van der Waals surface area contributed by atoms with E-state index in [9.17, 15) is 9.90 Å². The molecule has 0 saturated carbocycles. The fourth-order valence-electron chi connectivity index (χ4n) is 2.22. The van der Waals surface area contributed by atoms with E-state index >= 15 is 0 Å². The van der Waals surface area contributed by atoms with Crippen LogP contribution in [0.25, 0.3) is 11.1 Å². The highest BCUT2D eigenvalue weighted by atomic mass is 16.4. The van der Waals surface area contributed by atoms with Gasteiger partial charge in [0.15, 0.2) is 0 Å². The number of hydrogen-bond acceptors (Lipinski definition) is 1. The van der Waals surface area contributed by atoms with E-state index in [1.807, 2.05) is 31.2 Å². The summed E-state index contributed by atoms with van der Waals surface area (Å²) in [6.07, 6.45) is 2.17. The molecule has 0 radical (unpaired) electrons. The Kier molecular flexibility index (Phi) is 4.00. The van der Waals surface area contributed by atoms with Crippen LogP contribution in [-0.4, -0.2) is 11.1 Å². The van der Waals surface area contributed by atoms with Crippen molar-refractivity contribution < 1.29 is 9.90 Å². The van der Waals surface area contributed by atoms with Gasteiger partial charge in [0, 0.05) is 0 Å². The van der Waals surface area contributed by atoms with Gasteiger partial charge in [-0.1, -0.05) is 55.3 Å². The van der Waals surface area contributed by atoms with Crippen molar-refractivity contribution in [3.8, 4) is 11.1 Å². The number of aromatic carboxylic acids is 1. The van der Waals surface area contributed by atoms with E-state index in [0.29, 0.717) is 5.56 Å². The summed E-state index contributed by atoms with van der Waals surface area (Å²) in [6.45, 7) is 4.12. The minimum Gasteiger partial charge on any atom is -0.478 e. The second kappa shape index (κ2) is 5.70. The molecule has 19 heavy (non-hydrogen) atoms. The van der Waals surface area contributed by atoms with Gasteiger partial charge in [-0.3, -0.25) is 0 Å². The SMILES string of the molecule is CCCc1ccc(-c2cc(C)ccc2C(=O)O)cc1. The van der Waals surface area contributed by atoms with Gasteiger partial charge in [-0.05, 0) is 36.1 Å². The number of aryl methyl sites for hydroxylation is 2. The molecule has 2 aromatic carbocycles. The molecule has 0 bridgehead atoms. The molecule has 2 nitrogen and oxygen atoms in total. The molecule has 0 heterocycles. The van der Waals surface area contributed by atoms with E-state index in [4.69, 9.17) is 0 Å². The van der Waals surface area contributed by atoms with Crippen molar-refractivity contribution in [1.29, 1.82) is 0 Å². The average Bonchev–Trinajstić information content (AvgIpc) is 2.39. The van der Waals surface area contributed by atoms with Gasteiger partial charge in [-0.2, -0.15) is 0 Å². The van der Waals surface area contributed by atoms with E-state index in [1.165, 1.54) is 5.56 Å². The van der Waals surface area contributed by atoms with Gasteiger partial charge in [0.25, 0.3) is 0 Å². The Bertz CT molecular complexity index is 583. The quantitative estimate of drug-likeness (QED) is 0.882. The third kappa shape index (κ3) is 3.02. The van der Waals surface area contributed by atoms with Crippen LogP contribution in [0.1, 0.15) is 34.8 Å². The van der Waals surface area contributed by atoms with Crippen LogP contribution in [0.5, 0.6) is 0 Å². The molecule has 2 rings (SSSR count). The van der Waals surface area contributed by atoms with Gasteiger partial charge in [-0.15, -0.1) is 0 Å². The Morgan fingerprint density at radius 2 is 1.79 bits per heavy atom. The second-order valence-electron chi connectivity index (χ2n) is 4.80. The fourth-order valence-corrected chi connectivity index (χ4v) is 2.22. The maximum atomic E-state index is 11.3. The zero-order valence-corrected chi connectivity index (χ0v) is 11.3. The highest BCUT2D eigenvalue weighted by molar-refractivity contribution is 5.96. The Hall–Kier alpha value is -2.09. The average molecular weight is 254 g/mol. The highest BCUT2D eigenvalue weighted by Crippen LogP contribution is 2.25. The molecule has 98 valence electrons. The molecular weight excluding hydrogens is 236 g/mol. The largest absolute Gasteiger partial charge is 0.478 e. The van der Waals surface area contributed by atoms with Gasteiger partial charge in [0.2, 0.25) is 0 Å². The summed E-state index contributed by atoms with van der Waals surface area (Å²) in [6, 6.07) is 13.6. The first-order valence-electron chi connectivity index (χ1n) is 6.55. The van der Waals surface area contributed by atoms with E-state index in [0.717, 1.165) is 29.5 Å². The zero-order valence-electron chi connectivity index (χ0n) is 11.3. The Balaban J connectivity index is 2.45. The molecule has 2 heteroatoms. The van der Waals surface area contributed by atoms with Crippen LogP contribution in [0.2, 0.25) is 0 Å². The monoisotopic (exact) mass is 254 g/mol. The normalized spacial score (nSPS) is 10.4. The standard InChI is InChI=1S/C17H18O2/c1-3-4-13-6-8-14(9-7-13)16-11-12(2)5-10-15(16)17(18)19/h5-11H,3-4H2,1-2H3,(H,18,19). The van der Waals surface area contributed by atoms with Crippen LogP contribution in [0.4, 0.5) is 0 Å². The lowest BCUT2D eigenvalue weighted by Crippen LogP contribution is -2.00. The van der Waals surface area contributed by atoms with Crippen molar-refractivity contribution in [3.05, 3.63) is 59.2 Å². The van der Waals surface area contributed by atoms with E-state index in [-0.39, 0.29) is 0 Å². The third-order valence-electron chi connectivity index (χ3n) is 3.21. The molecular formula is C17H18O2. The maximum Gasteiger partial charge on any atom is 0.336 e. The molecule has 2 aromatic rings. The smallest absolute Gasteiger partial charge is 0.336 e. The molecule has 0 aliphatic heterocycles. The van der Waals surface area contributed by atoms with Crippen molar-refractivity contribution >= 4 is 5.97 Å². The maximum absolute atomic E-state index is 11.3. The highest BCUT2D eigenvalue weighted by Gasteiger charge is 2.11. The summed E-state index contributed by atoms with van der Waals surface area (Å²) >= 11 is 0. The van der Waals surface area contributed by atoms with Gasteiger partial charge in [0.05, 0.1) is 5.56 Å². The second-order valence-corrected chi connectivity index (χ2v) is 4.80. The van der Waals surface area contributed by atoms with Crippen LogP contribution < -0.4 is 0 Å². The van der Waals surface area contributed by atoms with Crippen molar-refractivity contribution in [2.75, 3.05) is 0 Å². The lowest BCUT2D eigenvalue weighted by atomic mass is 9.96. The first-order valence-corrected chi connectivity index (χ1v) is 6.55. The number of hydrogen-bond donors (Lipinski definition) is 1. The predicted octanol–water partition coefficient (Wildman–Crippen LogP) is 4.31. The summed E-state index contributed by atoms with van der Waals surface area (Å²) in [4.78, 5) is 11.3. The Labute approximate surface area is 113 Å². The summed E-state index contributed by atoms with van der Waals surface area (Å²) in [5.74, 6) is -0.882. The lowest BCUT2D eigenvalue weighted by Gasteiger charge is -2.08. The number of carboxylic acid groups (broad SMARTS) is 1. The van der Waals surface area contributed by atoms with Crippen molar-refractivity contribution in [2.45, 2.75) is 26.7 Å². The van der Waals surface area contributed by atoms with E-state index in [2.05, 4.69) is 19.1 Å². The molecule has 0 saturated heterocycles. The summed E-state index contributed by atoms with van der Waals surface area (Å²) in [7, 11) is 0. The minimum atomic E-state index is -0.882. The molecule has 0 aromatic heterocycles. The Morgan fingerprint density at radius 3 is 2.37 bits per heavy atom. The van der Waals surface area contributed by atoms with Crippen LogP contribution in [0.3, 0.4) is 0 Å². The van der Waals surface area contributed by atoms with Gasteiger partial charge >= 0.3 is 5.97 Å². The molecule has 0 fully saturated rings. The van der Waals surface area contributed by atoms with Gasteiger partial charge < -0.3 is 5.11 Å². The molecule has 0 spiro atoms. The number of carboxylic acids is 1. The predicted molar refractivity (Wildman–Crippen MR) is 77.6 cm³/mol. The molecule has 0 unspecified atom stereocenters. The number of carbonyl (C=O) groups is 1. The van der Waals surface area contributed by atoms with E-state index in [1.54, 1.807) is 6.07 Å². The number of rotatable bonds is 4. The first-order chi connectivity index (χ1) is 9.11.